The fourth-order valence-electron chi connectivity index (χ4n) is 4.43. The summed E-state index contributed by atoms with van der Waals surface area (Å²) < 4.78 is 16.1. The Kier molecular flexibility index (Phi) is 15.6. The number of nitrogens with zero attached hydrogens (tertiary/aromatic N) is 1. The smallest absolute Gasteiger partial charge is 0.318 e. The van der Waals surface area contributed by atoms with Crippen LogP contribution in [0.2, 0.25) is 0 Å². The monoisotopic (exact) mass is 502 g/mol. The lowest BCUT2D eigenvalue weighted by molar-refractivity contribution is -0.121. The standard InChI is InChI=1S/C24H46N4O5S/c1-2-3-4-7-12-28-23-20(27-24(28)30)19-34-21(23)8-5-6-9-22(29)26-11-14-32-16-18-33-17-15-31-13-10-25/h20-21,23H,2-19,25H2,1H3,(H,26,29)(H,27,30)/t20?,21-,23-/m0/s1. The number of carbonyl (C=O) groups is 2. The first kappa shape index (κ1) is 29.2. The van der Waals surface area contributed by atoms with Gasteiger partial charge in [0.1, 0.15) is 0 Å². The highest BCUT2D eigenvalue weighted by Crippen LogP contribution is 2.37. The van der Waals surface area contributed by atoms with Crippen LogP contribution >= 0.6 is 11.8 Å². The van der Waals surface area contributed by atoms with Gasteiger partial charge in [0.05, 0.1) is 51.7 Å². The van der Waals surface area contributed by atoms with Crippen LogP contribution in [0.15, 0.2) is 0 Å². The fourth-order valence-corrected chi connectivity index (χ4v) is 6.03. The second-order valence-corrected chi connectivity index (χ2v) is 10.2. The number of urea groups is 1. The van der Waals surface area contributed by atoms with Crippen molar-refractivity contribution in [3.05, 3.63) is 0 Å². The van der Waals surface area contributed by atoms with Crippen molar-refractivity contribution in [3.8, 4) is 0 Å². The Bertz CT molecular complexity index is 571. The van der Waals surface area contributed by atoms with Gasteiger partial charge in [-0.2, -0.15) is 11.8 Å². The minimum atomic E-state index is 0.0733. The molecule has 0 radical (unpaired) electrons. The minimum absolute atomic E-state index is 0.0733. The largest absolute Gasteiger partial charge is 0.378 e. The van der Waals surface area contributed by atoms with Crippen molar-refractivity contribution in [2.75, 3.05) is 65.0 Å². The van der Waals surface area contributed by atoms with Gasteiger partial charge >= 0.3 is 6.03 Å². The Morgan fingerprint density at radius 3 is 2.53 bits per heavy atom. The molecule has 2 heterocycles. The molecular formula is C24H46N4O5S. The molecule has 0 spiro atoms. The zero-order valence-electron chi connectivity index (χ0n) is 20.9. The van der Waals surface area contributed by atoms with Gasteiger partial charge in [0.25, 0.3) is 0 Å². The van der Waals surface area contributed by atoms with Crippen molar-refractivity contribution in [1.82, 2.24) is 15.5 Å². The van der Waals surface area contributed by atoms with Crippen molar-refractivity contribution < 1.29 is 23.8 Å². The molecule has 0 aromatic carbocycles. The topological polar surface area (TPSA) is 115 Å². The third-order valence-electron chi connectivity index (χ3n) is 6.18. The van der Waals surface area contributed by atoms with E-state index in [-0.39, 0.29) is 18.0 Å². The number of hydrogen-bond acceptors (Lipinski definition) is 7. The Morgan fingerprint density at radius 2 is 1.79 bits per heavy atom. The van der Waals surface area contributed by atoms with Crippen LogP contribution < -0.4 is 16.4 Å². The highest BCUT2D eigenvalue weighted by molar-refractivity contribution is 8.00. The summed E-state index contributed by atoms with van der Waals surface area (Å²) in [7, 11) is 0. The summed E-state index contributed by atoms with van der Waals surface area (Å²) in [4.78, 5) is 26.5. The van der Waals surface area contributed by atoms with E-state index in [1.165, 1.54) is 19.3 Å². The molecule has 34 heavy (non-hydrogen) atoms. The number of fused-ring (bicyclic) bond motifs is 1. The minimum Gasteiger partial charge on any atom is -0.378 e. The molecule has 2 aliphatic heterocycles. The van der Waals surface area contributed by atoms with E-state index in [2.05, 4.69) is 22.5 Å². The summed E-state index contributed by atoms with van der Waals surface area (Å²) in [5.41, 5.74) is 5.33. The van der Waals surface area contributed by atoms with Crippen LogP contribution in [-0.2, 0) is 19.0 Å². The van der Waals surface area contributed by atoms with Gasteiger partial charge < -0.3 is 35.5 Å². The maximum atomic E-state index is 12.4. The molecule has 10 heteroatoms. The van der Waals surface area contributed by atoms with Crippen molar-refractivity contribution >= 4 is 23.7 Å². The molecule has 9 nitrogen and oxygen atoms in total. The van der Waals surface area contributed by atoms with E-state index in [4.69, 9.17) is 19.9 Å². The first-order valence-corrected chi connectivity index (χ1v) is 14.1. The highest BCUT2D eigenvalue weighted by atomic mass is 32.2. The average molecular weight is 503 g/mol. The lowest BCUT2D eigenvalue weighted by Gasteiger charge is -2.27. The average Bonchev–Trinajstić information content (AvgIpc) is 3.36. The summed E-state index contributed by atoms with van der Waals surface area (Å²) in [6.45, 7) is 7.23. The summed E-state index contributed by atoms with van der Waals surface area (Å²) in [5.74, 6) is 1.07. The van der Waals surface area contributed by atoms with Gasteiger partial charge in [-0.1, -0.05) is 32.6 Å². The lowest BCUT2D eigenvalue weighted by atomic mass is 10.0. The second kappa shape index (κ2) is 18.2. The molecule has 2 aliphatic rings. The number of amides is 3. The SMILES string of the molecule is CCCCCCN1C(=O)NC2CS[C@@H](CCCCC(=O)NCCOCCOCCOCCN)[C@H]21. The molecule has 1 unspecified atom stereocenters. The van der Waals surface area contributed by atoms with Crippen LogP contribution in [0.25, 0.3) is 0 Å². The Hall–Kier alpha value is -1.07. The molecule has 0 aliphatic carbocycles. The summed E-state index contributed by atoms with van der Waals surface area (Å²) in [6.07, 6.45) is 8.19. The normalized spacial score (nSPS) is 21.6. The van der Waals surface area contributed by atoms with Gasteiger partial charge in [-0.3, -0.25) is 4.79 Å². The number of hydrogen-bond donors (Lipinski definition) is 3. The molecule has 0 saturated carbocycles. The van der Waals surface area contributed by atoms with E-state index in [1.807, 2.05) is 11.8 Å². The summed E-state index contributed by atoms with van der Waals surface area (Å²) >= 11 is 1.98. The van der Waals surface area contributed by atoms with Crippen molar-refractivity contribution in [2.45, 2.75) is 75.6 Å². The van der Waals surface area contributed by atoms with Crippen molar-refractivity contribution in [1.29, 1.82) is 0 Å². The third kappa shape index (κ3) is 11.1. The number of unbranched alkanes of at least 4 members (excludes halogenated alkanes) is 4. The maximum Gasteiger partial charge on any atom is 0.318 e. The molecule has 0 aromatic heterocycles. The van der Waals surface area contributed by atoms with Gasteiger partial charge in [-0.15, -0.1) is 0 Å². The Balaban J connectivity index is 1.47. The number of thioether (sulfide) groups is 1. The van der Waals surface area contributed by atoms with Gasteiger partial charge in [0.15, 0.2) is 0 Å². The van der Waals surface area contributed by atoms with Crippen LogP contribution in [0, 0.1) is 0 Å². The number of nitrogens with one attached hydrogen (secondary N) is 2. The van der Waals surface area contributed by atoms with Gasteiger partial charge in [-0.25, -0.2) is 4.79 Å². The number of carbonyl (C=O) groups excluding carboxylic acids is 2. The van der Waals surface area contributed by atoms with E-state index >= 15 is 0 Å². The fraction of sp³-hybridized carbons (Fsp3) is 0.917. The molecule has 0 bridgehead atoms. The second-order valence-electron chi connectivity index (χ2n) is 8.89. The zero-order valence-corrected chi connectivity index (χ0v) is 21.8. The van der Waals surface area contributed by atoms with E-state index in [9.17, 15) is 9.59 Å². The molecule has 2 fully saturated rings. The molecular weight excluding hydrogens is 456 g/mol. The highest BCUT2D eigenvalue weighted by Gasteiger charge is 2.47. The first-order valence-electron chi connectivity index (χ1n) is 13.1. The lowest BCUT2D eigenvalue weighted by Crippen LogP contribution is -2.41. The molecule has 4 N–H and O–H groups in total. The van der Waals surface area contributed by atoms with Gasteiger partial charge in [0, 0.05) is 37.1 Å². The molecule has 2 rings (SSSR count). The van der Waals surface area contributed by atoms with Gasteiger partial charge in [0.2, 0.25) is 5.91 Å². The van der Waals surface area contributed by atoms with Crippen molar-refractivity contribution in [2.24, 2.45) is 5.73 Å². The molecule has 2 saturated heterocycles. The first-order chi connectivity index (χ1) is 16.7. The quantitative estimate of drug-likeness (QED) is 0.163. The van der Waals surface area contributed by atoms with Gasteiger partial charge in [-0.05, 0) is 19.3 Å². The van der Waals surface area contributed by atoms with Crippen LogP contribution in [0.3, 0.4) is 0 Å². The summed E-state index contributed by atoms with van der Waals surface area (Å²) in [5, 5.41) is 6.56. The Labute approximate surface area is 209 Å². The third-order valence-corrected chi connectivity index (χ3v) is 7.68. The number of nitrogens with two attached hydrogens (primary N) is 1. The molecule has 3 atom stereocenters. The molecule has 0 aromatic rings. The van der Waals surface area contributed by atoms with E-state index in [1.54, 1.807) is 0 Å². The predicted molar refractivity (Wildman–Crippen MR) is 136 cm³/mol. The maximum absolute atomic E-state index is 12.4. The van der Waals surface area contributed by atoms with Crippen LogP contribution in [0.5, 0.6) is 0 Å². The van der Waals surface area contributed by atoms with Crippen LogP contribution in [0.1, 0.15) is 58.3 Å². The van der Waals surface area contributed by atoms with Crippen LogP contribution in [-0.4, -0.2) is 99.2 Å². The number of rotatable bonds is 21. The summed E-state index contributed by atoms with van der Waals surface area (Å²) in [6, 6.07) is 0.709. The zero-order chi connectivity index (χ0) is 24.4. The van der Waals surface area contributed by atoms with Crippen molar-refractivity contribution in [3.63, 3.8) is 0 Å². The van der Waals surface area contributed by atoms with E-state index in [0.29, 0.717) is 70.4 Å². The van der Waals surface area contributed by atoms with E-state index in [0.717, 1.165) is 38.0 Å². The van der Waals surface area contributed by atoms with E-state index < -0.39 is 0 Å². The number of ether oxygens (including phenoxy) is 3. The van der Waals surface area contributed by atoms with Crippen LogP contribution in [0.4, 0.5) is 4.79 Å². The molecule has 3 amide bonds. The Morgan fingerprint density at radius 1 is 1.06 bits per heavy atom. The predicted octanol–water partition coefficient (Wildman–Crippen LogP) is 2.13. The molecule has 198 valence electrons.